The molecule has 0 aromatic heterocycles. The molecule has 21 heavy (non-hydrogen) atoms. The molecule has 1 saturated carbocycles. The maximum Gasteiger partial charge on any atom is -1.00 e. The van der Waals surface area contributed by atoms with Crippen molar-refractivity contribution in [3.8, 4) is 0 Å². The molecule has 1 aliphatic carbocycles. The van der Waals surface area contributed by atoms with Gasteiger partial charge < -0.3 is 24.8 Å². The monoisotopic (exact) mass is 407 g/mol. The molecule has 0 nitrogen and oxygen atoms in total. The Morgan fingerprint density at radius 3 is 2.05 bits per heavy atom. The van der Waals surface area contributed by atoms with E-state index in [4.69, 9.17) is 0 Å². The molecule has 3 unspecified atom stereocenters. The van der Waals surface area contributed by atoms with Crippen molar-refractivity contribution in [2.45, 2.75) is 84.7 Å². The minimum atomic E-state index is 0. The largest absolute Gasteiger partial charge is 1.00 e. The fourth-order valence-corrected chi connectivity index (χ4v) is 6.05. The van der Waals surface area contributed by atoms with Gasteiger partial charge in [0.05, 0.1) is 0 Å². The summed E-state index contributed by atoms with van der Waals surface area (Å²) in [5, 5.41) is 0. The zero-order chi connectivity index (χ0) is 14.6. The van der Waals surface area contributed by atoms with Crippen LogP contribution in [0.15, 0.2) is 0 Å². The molecule has 0 aromatic carbocycles. The van der Waals surface area contributed by atoms with E-state index in [1.54, 1.807) is 0 Å². The first-order valence-electron chi connectivity index (χ1n) is 8.18. The van der Waals surface area contributed by atoms with E-state index in [1.807, 2.05) is 0 Å². The summed E-state index contributed by atoms with van der Waals surface area (Å²) in [5.74, 6) is 0. The molecule has 1 rings (SSSR count). The summed E-state index contributed by atoms with van der Waals surface area (Å²) in [4.78, 5) is 0. The first kappa shape index (κ1) is 28.0. The van der Waals surface area contributed by atoms with Crippen LogP contribution in [0, 0.1) is 5.41 Å². The van der Waals surface area contributed by atoms with E-state index in [0.717, 1.165) is 12.2 Å². The smallest absolute Gasteiger partial charge is 1.00 e. The fraction of sp³-hybridized carbons (Fsp3) is 1.00. The van der Waals surface area contributed by atoms with Crippen LogP contribution in [0.4, 0.5) is 0 Å². The number of hydrogen-bond donors (Lipinski definition) is 0. The van der Waals surface area contributed by atoms with E-state index in [0.29, 0.717) is 5.41 Å². The maximum atomic E-state index is 2.45. The molecule has 0 N–H and O–H groups in total. The third-order valence-corrected chi connectivity index (χ3v) is 7.31. The summed E-state index contributed by atoms with van der Waals surface area (Å²) < 4.78 is 0. The Morgan fingerprint density at radius 1 is 1.05 bits per heavy atom. The summed E-state index contributed by atoms with van der Waals surface area (Å²) in [6.07, 6.45) is 14.5. The average Bonchev–Trinajstić information content (AvgIpc) is 2.36. The van der Waals surface area contributed by atoms with Crippen LogP contribution in [0.2, 0.25) is 0 Å². The summed E-state index contributed by atoms with van der Waals surface area (Å²) in [6, 6.07) is 0. The van der Waals surface area contributed by atoms with Crippen molar-refractivity contribution in [3.63, 3.8) is 0 Å². The zero-order valence-electron chi connectivity index (χ0n) is 14.4. The van der Waals surface area contributed by atoms with Gasteiger partial charge in [-0.1, -0.05) is 33.6 Å². The molecule has 0 radical (unpaired) electrons. The molecule has 0 bridgehead atoms. The minimum Gasteiger partial charge on any atom is -1.00 e. The van der Waals surface area contributed by atoms with Gasteiger partial charge in [0.2, 0.25) is 0 Å². The summed E-state index contributed by atoms with van der Waals surface area (Å²) in [5.41, 5.74) is 1.73. The molecule has 0 saturated heterocycles. The van der Waals surface area contributed by atoms with Crippen LogP contribution in [-0.2, 0) is 19.9 Å². The van der Waals surface area contributed by atoms with Crippen molar-refractivity contribution >= 4 is 15.2 Å². The van der Waals surface area contributed by atoms with Crippen LogP contribution in [0.1, 0.15) is 79.1 Å². The van der Waals surface area contributed by atoms with Crippen molar-refractivity contribution in [1.82, 2.24) is 0 Å². The predicted octanol–water partition coefficient (Wildman–Crippen LogP) is 0.369. The van der Waals surface area contributed by atoms with Gasteiger partial charge in [-0.2, -0.15) is 0 Å². The Hall–Kier alpha value is 2.15. The van der Waals surface area contributed by atoms with E-state index in [-0.39, 0.29) is 24.8 Å². The summed E-state index contributed by atoms with van der Waals surface area (Å²) >= 11 is 2.26. The Morgan fingerprint density at radius 2 is 1.62 bits per heavy atom. The number of unbranched alkanes of at least 4 members (excludes halogenated alkanes) is 2. The first-order chi connectivity index (χ1) is 9.05. The first-order valence-corrected chi connectivity index (χ1v) is 13.0. The van der Waals surface area contributed by atoms with E-state index in [9.17, 15) is 0 Å². The van der Waals surface area contributed by atoms with Gasteiger partial charge in [0.15, 0.2) is 0 Å². The maximum absolute atomic E-state index is 2.45. The van der Waals surface area contributed by atoms with Gasteiger partial charge in [0.25, 0.3) is 0 Å². The van der Waals surface area contributed by atoms with Crippen molar-refractivity contribution in [2.75, 3.05) is 12.3 Å². The van der Waals surface area contributed by atoms with Crippen molar-refractivity contribution in [1.29, 1.82) is 0 Å². The fourth-order valence-electron chi connectivity index (χ4n) is 2.62. The molecule has 5 heteroatoms. The molecule has 1 aliphatic rings. The van der Waals surface area contributed by atoms with Crippen molar-refractivity contribution in [2.24, 2.45) is 5.41 Å². The molecule has 1 fully saturated rings. The zero-order valence-corrected chi connectivity index (χ0v) is 19.5. The van der Waals surface area contributed by atoms with Gasteiger partial charge in [-0.3, -0.25) is 0 Å². The number of hydrogen-bond acceptors (Lipinski definition) is 0. The molecule has 0 spiro atoms. The predicted molar refractivity (Wildman–Crippen MR) is 92.2 cm³/mol. The van der Waals surface area contributed by atoms with Crippen molar-refractivity contribution in [3.05, 3.63) is 0 Å². The third kappa shape index (κ3) is 18.3. The van der Waals surface area contributed by atoms with Crippen LogP contribution in [-0.4, -0.2) is 18.0 Å². The minimum absolute atomic E-state index is 0. The molecule has 0 aromatic rings. The topological polar surface area (TPSA) is 0 Å². The van der Waals surface area contributed by atoms with E-state index in [2.05, 4.69) is 47.6 Å². The summed E-state index contributed by atoms with van der Waals surface area (Å²) in [6.45, 7) is 10.6. The second-order valence-corrected chi connectivity index (χ2v) is 10.8. The van der Waals surface area contributed by atoms with Gasteiger partial charge in [-0.25, -0.2) is 0 Å². The van der Waals surface area contributed by atoms with Gasteiger partial charge in [0.1, 0.15) is 0 Å². The SMILES string of the molecule is CCCCPC1CCCC(C)(C)C1.CCCC[PH][Ti+2].[Cl-].[Cl-]. The Balaban J connectivity index is -0.000000352. The van der Waals surface area contributed by atoms with Gasteiger partial charge in [-0.05, 0) is 42.9 Å². The molecular weight excluding hydrogens is 373 g/mol. The number of halogens is 2. The van der Waals surface area contributed by atoms with Gasteiger partial charge in [0, 0.05) is 0 Å². The van der Waals surface area contributed by atoms with E-state index >= 15 is 0 Å². The Bertz CT molecular complexity index is 201. The quantitative estimate of drug-likeness (QED) is 0.325. The molecule has 127 valence electrons. The summed E-state index contributed by atoms with van der Waals surface area (Å²) in [7, 11) is 1.25. The van der Waals surface area contributed by atoms with Crippen LogP contribution < -0.4 is 24.8 Å². The van der Waals surface area contributed by atoms with E-state index in [1.165, 1.54) is 72.3 Å². The second kappa shape index (κ2) is 18.5. The Labute approximate surface area is 161 Å². The molecule has 0 aliphatic heterocycles. The average molecular weight is 408 g/mol. The van der Waals surface area contributed by atoms with Crippen LogP contribution >= 0.6 is 15.2 Å². The Kier molecular flexibility index (Phi) is 24.6. The van der Waals surface area contributed by atoms with Crippen LogP contribution in [0.3, 0.4) is 0 Å². The van der Waals surface area contributed by atoms with Crippen LogP contribution in [0.25, 0.3) is 0 Å². The van der Waals surface area contributed by atoms with Gasteiger partial charge >= 0.3 is 52.4 Å². The normalized spacial score (nSPS) is 20.8. The number of rotatable bonds is 7. The standard InChI is InChI=1S/C12H25P.C4H10P.2ClH.Ti/c1-4-5-9-13-11-7-6-8-12(2,3)10-11;1-2-3-4-5;;;/h11,13H,4-10H2,1-3H3;5H,2-4H2,1H3;2*1H;/q;-1;;;+3/p-2. The third-order valence-electron chi connectivity index (χ3n) is 3.82. The van der Waals surface area contributed by atoms with E-state index < -0.39 is 0 Å². The van der Waals surface area contributed by atoms with Crippen LogP contribution in [0.5, 0.6) is 0 Å². The second-order valence-electron chi connectivity index (χ2n) is 6.55. The molecule has 0 amide bonds. The van der Waals surface area contributed by atoms with Gasteiger partial charge in [-0.15, -0.1) is 8.58 Å². The molecular formula is C16H35Cl2P2Ti. The van der Waals surface area contributed by atoms with Crippen molar-refractivity contribution < 1.29 is 44.7 Å². The molecule has 0 heterocycles. The molecule has 3 atom stereocenters.